The highest BCUT2D eigenvalue weighted by Gasteiger charge is 2.04. The van der Waals surface area contributed by atoms with Crippen LogP contribution in [0.3, 0.4) is 0 Å². The van der Waals surface area contributed by atoms with Crippen LogP contribution < -0.4 is 5.32 Å². The molecule has 0 amide bonds. The normalized spacial score (nSPS) is 11.3. The van der Waals surface area contributed by atoms with Crippen LogP contribution in [0.2, 0.25) is 0 Å². The monoisotopic (exact) mass is 254 g/mol. The predicted molar refractivity (Wildman–Crippen MR) is 72.3 cm³/mol. The molecule has 1 heterocycles. The zero-order valence-electron chi connectivity index (χ0n) is 11.9. The summed E-state index contributed by atoms with van der Waals surface area (Å²) in [7, 11) is 0. The summed E-state index contributed by atoms with van der Waals surface area (Å²) in [5, 5.41) is 7.30. The van der Waals surface area contributed by atoms with E-state index in [2.05, 4.69) is 31.2 Å². The van der Waals surface area contributed by atoms with Gasteiger partial charge in [-0.1, -0.05) is 45.2 Å². The van der Waals surface area contributed by atoms with Gasteiger partial charge in [0.2, 0.25) is 0 Å². The predicted octanol–water partition coefficient (Wildman–Crippen LogP) is 3.27. The third-order valence-corrected chi connectivity index (χ3v) is 2.69. The van der Waals surface area contributed by atoms with Crippen molar-refractivity contribution in [1.82, 2.24) is 10.5 Å². The van der Waals surface area contributed by atoms with E-state index in [-0.39, 0.29) is 0 Å². The van der Waals surface area contributed by atoms with Crippen LogP contribution in [0.1, 0.15) is 57.9 Å². The molecule has 1 N–H and O–H groups in total. The lowest BCUT2D eigenvalue weighted by Gasteiger charge is -2.03. The number of aromatic nitrogens is 1. The molecule has 1 aromatic heterocycles. The van der Waals surface area contributed by atoms with Gasteiger partial charge < -0.3 is 14.6 Å². The maximum absolute atomic E-state index is 5.55. The minimum absolute atomic E-state index is 0.458. The van der Waals surface area contributed by atoms with E-state index < -0.39 is 0 Å². The Kier molecular flexibility index (Phi) is 7.69. The van der Waals surface area contributed by atoms with Gasteiger partial charge in [-0.05, 0) is 6.42 Å². The van der Waals surface area contributed by atoms with Crippen LogP contribution in [0.5, 0.6) is 0 Å². The van der Waals surface area contributed by atoms with Crippen molar-refractivity contribution in [3.8, 4) is 0 Å². The molecule has 0 spiro atoms. The maximum Gasteiger partial charge on any atom is 0.162 e. The largest absolute Gasteiger partial charge is 0.373 e. The van der Waals surface area contributed by atoms with Crippen molar-refractivity contribution in [2.45, 2.75) is 65.6 Å². The Morgan fingerprint density at radius 1 is 1.33 bits per heavy atom. The van der Waals surface area contributed by atoms with E-state index in [1.54, 1.807) is 0 Å². The lowest BCUT2D eigenvalue weighted by Crippen LogP contribution is -2.21. The average molecular weight is 254 g/mol. The summed E-state index contributed by atoms with van der Waals surface area (Å²) >= 11 is 0. The van der Waals surface area contributed by atoms with E-state index in [0.29, 0.717) is 12.6 Å². The summed E-state index contributed by atoms with van der Waals surface area (Å²) in [6, 6.07) is 2.42. The zero-order chi connectivity index (χ0) is 13.2. The van der Waals surface area contributed by atoms with E-state index >= 15 is 0 Å². The van der Waals surface area contributed by atoms with Crippen molar-refractivity contribution in [3.63, 3.8) is 0 Å². The number of nitrogens with one attached hydrogen (secondary N) is 1. The highest BCUT2D eigenvalue weighted by atomic mass is 16.5. The molecule has 0 aliphatic rings. The van der Waals surface area contributed by atoms with E-state index in [1.165, 1.54) is 19.3 Å². The van der Waals surface area contributed by atoms with Crippen molar-refractivity contribution in [2.75, 3.05) is 6.61 Å². The number of hydrogen-bond acceptors (Lipinski definition) is 4. The van der Waals surface area contributed by atoms with Crippen LogP contribution in [0.15, 0.2) is 10.6 Å². The molecule has 0 atom stereocenters. The number of nitrogens with zero attached hydrogens (tertiary/aromatic N) is 1. The summed E-state index contributed by atoms with van der Waals surface area (Å²) in [5.74, 6) is 0.811. The Hall–Kier alpha value is -0.870. The van der Waals surface area contributed by atoms with Gasteiger partial charge in [0, 0.05) is 25.3 Å². The van der Waals surface area contributed by atoms with Crippen molar-refractivity contribution in [3.05, 3.63) is 17.5 Å². The number of unbranched alkanes of at least 4 members (excludes halogenated alkanes) is 3. The molecule has 104 valence electrons. The zero-order valence-corrected chi connectivity index (χ0v) is 11.9. The molecule has 0 bridgehead atoms. The molecule has 0 unspecified atom stereocenters. The fourth-order valence-electron chi connectivity index (χ4n) is 1.62. The first-order chi connectivity index (χ1) is 8.72. The van der Waals surface area contributed by atoms with Gasteiger partial charge in [0.1, 0.15) is 6.61 Å². The van der Waals surface area contributed by atoms with Gasteiger partial charge in [0.15, 0.2) is 5.76 Å². The van der Waals surface area contributed by atoms with E-state index in [4.69, 9.17) is 9.26 Å². The second-order valence-corrected chi connectivity index (χ2v) is 4.93. The minimum atomic E-state index is 0.458. The average Bonchev–Trinajstić information content (AvgIpc) is 2.79. The van der Waals surface area contributed by atoms with Gasteiger partial charge in [-0.15, -0.1) is 0 Å². The van der Waals surface area contributed by atoms with Gasteiger partial charge in [0.25, 0.3) is 0 Å². The summed E-state index contributed by atoms with van der Waals surface area (Å²) < 4.78 is 10.8. The molecule has 0 saturated carbocycles. The highest BCUT2D eigenvalue weighted by Crippen LogP contribution is 2.06. The van der Waals surface area contributed by atoms with Crippen LogP contribution in [-0.4, -0.2) is 17.8 Å². The second-order valence-electron chi connectivity index (χ2n) is 4.93. The van der Waals surface area contributed by atoms with Crippen molar-refractivity contribution < 1.29 is 9.26 Å². The van der Waals surface area contributed by atoms with E-state index in [1.807, 2.05) is 6.07 Å². The number of hydrogen-bond donors (Lipinski definition) is 1. The van der Waals surface area contributed by atoms with Crippen LogP contribution in [0.4, 0.5) is 0 Å². The molecular formula is C14H26N2O2. The molecule has 0 aliphatic carbocycles. The smallest absolute Gasteiger partial charge is 0.162 e. The molecule has 0 fully saturated rings. The lowest BCUT2D eigenvalue weighted by molar-refractivity contribution is 0.0976. The van der Waals surface area contributed by atoms with Crippen molar-refractivity contribution >= 4 is 0 Å². The van der Waals surface area contributed by atoms with Gasteiger partial charge in [0.05, 0.1) is 5.69 Å². The number of rotatable bonds is 10. The highest BCUT2D eigenvalue weighted by molar-refractivity contribution is 5.04. The molecule has 0 aliphatic heterocycles. The summed E-state index contributed by atoms with van der Waals surface area (Å²) in [6.45, 7) is 8.52. The molecule has 0 saturated heterocycles. The standard InChI is InChI=1S/C14H26N2O2/c1-4-5-6-7-8-17-11-14-9-13(16-18-14)10-15-12(2)3/h9,12,15H,4-8,10-11H2,1-3H3. The first-order valence-corrected chi connectivity index (χ1v) is 6.98. The second kappa shape index (κ2) is 9.11. The summed E-state index contributed by atoms with van der Waals surface area (Å²) in [5.41, 5.74) is 0.938. The molecule has 0 radical (unpaired) electrons. The van der Waals surface area contributed by atoms with Crippen molar-refractivity contribution in [2.24, 2.45) is 0 Å². The van der Waals surface area contributed by atoms with Crippen LogP contribution in [-0.2, 0) is 17.9 Å². The summed E-state index contributed by atoms with van der Waals surface area (Å²) in [6.07, 6.45) is 4.92. The first kappa shape index (κ1) is 15.2. The summed E-state index contributed by atoms with van der Waals surface area (Å²) in [4.78, 5) is 0. The Labute approximate surface area is 110 Å². The SMILES string of the molecule is CCCCCCOCc1cc(CNC(C)C)no1. The Morgan fingerprint density at radius 2 is 2.17 bits per heavy atom. The van der Waals surface area contributed by atoms with Gasteiger partial charge in [-0.3, -0.25) is 0 Å². The quantitative estimate of drug-likeness (QED) is 0.651. The van der Waals surface area contributed by atoms with Crippen LogP contribution >= 0.6 is 0 Å². The van der Waals surface area contributed by atoms with Gasteiger partial charge >= 0.3 is 0 Å². The fraction of sp³-hybridized carbons (Fsp3) is 0.786. The Bertz CT molecular complexity index is 310. The third kappa shape index (κ3) is 6.77. The number of ether oxygens (including phenoxy) is 1. The van der Waals surface area contributed by atoms with Gasteiger partial charge in [-0.2, -0.15) is 0 Å². The lowest BCUT2D eigenvalue weighted by atomic mass is 10.2. The Morgan fingerprint density at radius 3 is 2.89 bits per heavy atom. The molecule has 4 heteroatoms. The Balaban J connectivity index is 2.11. The third-order valence-electron chi connectivity index (χ3n) is 2.69. The van der Waals surface area contributed by atoms with Crippen molar-refractivity contribution in [1.29, 1.82) is 0 Å². The minimum Gasteiger partial charge on any atom is -0.373 e. The molecule has 4 nitrogen and oxygen atoms in total. The van der Waals surface area contributed by atoms with E-state index in [0.717, 1.165) is 31.0 Å². The molecule has 1 aromatic rings. The van der Waals surface area contributed by atoms with Crippen LogP contribution in [0, 0.1) is 0 Å². The fourth-order valence-corrected chi connectivity index (χ4v) is 1.62. The molecule has 18 heavy (non-hydrogen) atoms. The first-order valence-electron chi connectivity index (χ1n) is 6.98. The maximum atomic E-state index is 5.55. The van der Waals surface area contributed by atoms with Crippen LogP contribution in [0.25, 0.3) is 0 Å². The molecular weight excluding hydrogens is 228 g/mol. The molecule has 1 rings (SSSR count). The topological polar surface area (TPSA) is 47.3 Å². The molecule has 0 aromatic carbocycles. The van der Waals surface area contributed by atoms with E-state index in [9.17, 15) is 0 Å². The van der Waals surface area contributed by atoms with Gasteiger partial charge in [-0.25, -0.2) is 0 Å².